The van der Waals surface area contributed by atoms with Crippen LogP contribution >= 0.6 is 0 Å². The van der Waals surface area contributed by atoms with E-state index in [9.17, 15) is 4.79 Å². The molecular formula is C9H11NO3. The van der Waals surface area contributed by atoms with Crippen LogP contribution in [0.4, 0.5) is 0 Å². The average Bonchev–Trinajstić information content (AvgIpc) is 2.15. The molecule has 70 valence electrons. The molecule has 0 unspecified atom stereocenters. The molecule has 0 bridgehead atoms. The van der Waals surface area contributed by atoms with Crippen LogP contribution in [-0.2, 0) is 11.2 Å². The number of hydrogen-bond donors (Lipinski definition) is 1. The Morgan fingerprint density at radius 2 is 2.38 bits per heavy atom. The van der Waals surface area contributed by atoms with Gasteiger partial charge in [0.1, 0.15) is 5.75 Å². The van der Waals surface area contributed by atoms with Crippen molar-refractivity contribution < 1.29 is 14.6 Å². The lowest BCUT2D eigenvalue weighted by Crippen LogP contribution is -2.09. The van der Waals surface area contributed by atoms with Crippen LogP contribution < -0.4 is 4.74 Å². The fraction of sp³-hybridized carbons (Fsp3) is 0.333. The molecule has 4 nitrogen and oxygen atoms in total. The van der Waals surface area contributed by atoms with Crippen LogP contribution in [0.15, 0.2) is 18.3 Å². The number of carbonyl (C=O) groups is 1. The minimum atomic E-state index is -0.987. The highest BCUT2D eigenvalue weighted by Gasteiger charge is 1.98. The first-order chi connectivity index (χ1) is 6.22. The highest BCUT2D eigenvalue weighted by molar-refractivity contribution is 5.68. The summed E-state index contributed by atoms with van der Waals surface area (Å²) in [7, 11) is 0. The van der Waals surface area contributed by atoms with E-state index in [0.717, 1.165) is 12.1 Å². The summed E-state index contributed by atoms with van der Waals surface area (Å²) in [4.78, 5) is 14.2. The van der Waals surface area contributed by atoms with Gasteiger partial charge in [-0.15, -0.1) is 0 Å². The third-order valence-electron chi connectivity index (χ3n) is 1.52. The molecule has 0 saturated carbocycles. The van der Waals surface area contributed by atoms with Gasteiger partial charge in [-0.25, -0.2) is 4.79 Å². The number of carboxylic acids is 1. The first-order valence-electron chi connectivity index (χ1n) is 4.02. The number of carboxylic acid groups (broad SMARTS) is 1. The molecule has 0 aliphatic rings. The van der Waals surface area contributed by atoms with Crippen molar-refractivity contribution in [1.82, 2.24) is 4.98 Å². The summed E-state index contributed by atoms with van der Waals surface area (Å²) in [5, 5.41) is 8.33. The van der Waals surface area contributed by atoms with Gasteiger partial charge in [0, 0.05) is 5.69 Å². The molecule has 0 amide bonds. The fourth-order valence-electron chi connectivity index (χ4n) is 0.851. The summed E-state index contributed by atoms with van der Waals surface area (Å²) in [5.41, 5.74) is 0.961. The third-order valence-corrected chi connectivity index (χ3v) is 1.52. The van der Waals surface area contributed by atoms with Gasteiger partial charge in [0.15, 0.2) is 6.61 Å². The third kappa shape index (κ3) is 3.11. The predicted molar refractivity (Wildman–Crippen MR) is 46.7 cm³/mol. The highest BCUT2D eigenvalue weighted by Crippen LogP contribution is 2.08. The minimum absolute atomic E-state index is 0.326. The fourth-order valence-corrected chi connectivity index (χ4v) is 0.851. The molecule has 0 radical (unpaired) electrons. The van der Waals surface area contributed by atoms with Gasteiger partial charge in [0.05, 0.1) is 6.20 Å². The standard InChI is InChI=1S/C9H11NO3/c1-2-7-3-4-8(5-10-7)13-6-9(11)12/h3-5H,2,6H2,1H3,(H,11,12). The van der Waals surface area contributed by atoms with Gasteiger partial charge in [-0.2, -0.15) is 0 Å². The van der Waals surface area contributed by atoms with Crippen molar-refractivity contribution in [1.29, 1.82) is 0 Å². The van der Waals surface area contributed by atoms with E-state index in [1.165, 1.54) is 6.20 Å². The van der Waals surface area contributed by atoms with Crippen LogP contribution in [0, 0.1) is 0 Å². The first kappa shape index (κ1) is 9.51. The molecule has 1 aromatic heterocycles. The predicted octanol–water partition coefficient (Wildman–Crippen LogP) is 1.11. The number of pyridine rings is 1. The smallest absolute Gasteiger partial charge is 0.341 e. The number of aromatic nitrogens is 1. The van der Waals surface area contributed by atoms with E-state index < -0.39 is 5.97 Å². The Bertz CT molecular complexity index is 281. The number of aliphatic carboxylic acids is 1. The van der Waals surface area contributed by atoms with Crippen molar-refractivity contribution in [3.63, 3.8) is 0 Å². The summed E-state index contributed by atoms with van der Waals surface area (Å²) in [6.07, 6.45) is 2.39. The van der Waals surface area contributed by atoms with Gasteiger partial charge in [-0.1, -0.05) is 6.92 Å². The number of ether oxygens (including phenoxy) is 1. The van der Waals surface area contributed by atoms with Crippen LogP contribution in [0.5, 0.6) is 5.75 Å². The molecule has 0 saturated heterocycles. The minimum Gasteiger partial charge on any atom is -0.480 e. The molecule has 0 aliphatic carbocycles. The monoisotopic (exact) mass is 181 g/mol. The summed E-state index contributed by atoms with van der Waals surface area (Å²) >= 11 is 0. The molecule has 0 aliphatic heterocycles. The maximum atomic E-state index is 10.2. The molecule has 4 heteroatoms. The van der Waals surface area contributed by atoms with E-state index in [4.69, 9.17) is 9.84 Å². The zero-order valence-electron chi connectivity index (χ0n) is 7.36. The normalized spacial score (nSPS) is 9.62. The summed E-state index contributed by atoms with van der Waals surface area (Å²) in [6, 6.07) is 3.53. The van der Waals surface area contributed by atoms with E-state index in [2.05, 4.69) is 4.98 Å². The summed E-state index contributed by atoms with van der Waals surface area (Å²) in [6.45, 7) is 1.67. The van der Waals surface area contributed by atoms with Crippen molar-refractivity contribution in [2.75, 3.05) is 6.61 Å². The van der Waals surface area contributed by atoms with Gasteiger partial charge >= 0.3 is 5.97 Å². The maximum Gasteiger partial charge on any atom is 0.341 e. The molecular weight excluding hydrogens is 170 g/mol. The second-order valence-corrected chi connectivity index (χ2v) is 2.52. The van der Waals surface area contributed by atoms with Crippen LogP contribution in [0.3, 0.4) is 0 Å². The lowest BCUT2D eigenvalue weighted by molar-refractivity contribution is -0.139. The molecule has 1 rings (SSSR count). The van der Waals surface area contributed by atoms with Gasteiger partial charge in [-0.3, -0.25) is 4.98 Å². The lowest BCUT2D eigenvalue weighted by atomic mass is 10.3. The Kier molecular flexibility index (Phi) is 3.25. The highest BCUT2D eigenvalue weighted by atomic mass is 16.5. The van der Waals surface area contributed by atoms with Crippen molar-refractivity contribution in [3.05, 3.63) is 24.0 Å². The van der Waals surface area contributed by atoms with Crippen molar-refractivity contribution in [2.45, 2.75) is 13.3 Å². The first-order valence-corrected chi connectivity index (χ1v) is 4.02. The average molecular weight is 181 g/mol. The quantitative estimate of drug-likeness (QED) is 0.755. The number of rotatable bonds is 4. The van der Waals surface area contributed by atoms with Crippen LogP contribution in [-0.4, -0.2) is 22.7 Å². The lowest BCUT2D eigenvalue weighted by Gasteiger charge is -2.02. The Morgan fingerprint density at radius 3 is 2.85 bits per heavy atom. The van der Waals surface area contributed by atoms with Gasteiger partial charge < -0.3 is 9.84 Å². The maximum absolute atomic E-state index is 10.2. The van der Waals surface area contributed by atoms with E-state index in [0.29, 0.717) is 5.75 Å². The molecule has 1 aromatic rings. The molecule has 1 N–H and O–H groups in total. The van der Waals surface area contributed by atoms with E-state index >= 15 is 0 Å². The van der Waals surface area contributed by atoms with Gasteiger partial charge in [0.2, 0.25) is 0 Å². The molecule has 13 heavy (non-hydrogen) atoms. The molecule has 0 spiro atoms. The topological polar surface area (TPSA) is 59.4 Å². The Balaban J connectivity index is 2.54. The Hall–Kier alpha value is -1.58. The number of aryl methyl sites for hydroxylation is 1. The second-order valence-electron chi connectivity index (χ2n) is 2.52. The van der Waals surface area contributed by atoms with Crippen LogP contribution in [0.2, 0.25) is 0 Å². The van der Waals surface area contributed by atoms with Crippen LogP contribution in [0.25, 0.3) is 0 Å². The van der Waals surface area contributed by atoms with E-state index in [1.54, 1.807) is 6.07 Å². The SMILES string of the molecule is CCc1ccc(OCC(=O)O)cn1. The summed E-state index contributed by atoms with van der Waals surface area (Å²) < 4.78 is 4.90. The Labute approximate surface area is 76.2 Å². The molecule has 0 aromatic carbocycles. The molecule has 0 fully saturated rings. The van der Waals surface area contributed by atoms with Crippen molar-refractivity contribution >= 4 is 5.97 Å². The number of nitrogens with zero attached hydrogens (tertiary/aromatic N) is 1. The largest absolute Gasteiger partial charge is 0.480 e. The van der Waals surface area contributed by atoms with Crippen molar-refractivity contribution in [3.8, 4) is 5.75 Å². The molecule has 0 atom stereocenters. The zero-order valence-corrected chi connectivity index (χ0v) is 7.36. The van der Waals surface area contributed by atoms with E-state index in [1.807, 2.05) is 13.0 Å². The second kappa shape index (κ2) is 4.45. The van der Waals surface area contributed by atoms with Crippen molar-refractivity contribution in [2.24, 2.45) is 0 Å². The summed E-state index contributed by atoms with van der Waals surface area (Å²) in [5.74, 6) is -0.501. The number of hydrogen-bond acceptors (Lipinski definition) is 3. The zero-order chi connectivity index (χ0) is 9.68. The van der Waals surface area contributed by atoms with Gasteiger partial charge in [-0.05, 0) is 18.6 Å². The van der Waals surface area contributed by atoms with E-state index in [-0.39, 0.29) is 6.61 Å². The van der Waals surface area contributed by atoms with Gasteiger partial charge in [0.25, 0.3) is 0 Å². The Morgan fingerprint density at radius 1 is 1.62 bits per heavy atom. The molecule has 1 heterocycles. The van der Waals surface area contributed by atoms with Crippen LogP contribution in [0.1, 0.15) is 12.6 Å².